The highest BCUT2D eigenvalue weighted by molar-refractivity contribution is 5.24. The first-order chi connectivity index (χ1) is 9.70. The van der Waals surface area contributed by atoms with Crippen LogP contribution in [0.15, 0.2) is 24.3 Å². The van der Waals surface area contributed by atoms with Gasteiger partial charge in [-0.05, 0) is 49.4 Å². The van der Waals surface area contributed by atoms with Gasteiger partial charge in [0, 0.05) is 13.2 Å². The van der Waals surface area contributed by atoms with Crippen molar-refractivity contribution in [2.75, 3.05) is 26.2 Å². The topological polar surface area (TPSA) is 43.7 Å². The number of piperidine rings is 1. The maximum Gasteiger partial charge on any atom is 0.0827 e. The molecule has 2 atom stereocenters. The van der Waals surface area contributed by atoms with Crippen molar-refractivity contribution in [3.8, 4) is 0 Å². The molecule has 20 heavy (non-hydrogen) atoms. The lowest BCUT2D eigenvalue weighted by molar-refractivity contribution is 0.0820. The molecule has 0 aliphatic carbocycles. The molecule has 0 spiro atoms. The summed E-state index contributed by atoms with van der Waals surface area (Å²) in [6.45, 7) is 5.62. The van der Waals surface area contributed by atoms with Gasteiger partial charge < -0.3 is 15.1 Å². The molecule has 1 aliphatic rings. The standard InChI is InChI=1S/C17H27NO2/c1-14(13-18-10-3-2-4-11-18)17(20)16-7-5-15(6-8-16)9-12-19/h5-8,14,17,19-20H,2-4,9-13H2,1H3. The predicted molar refractivity (Wildman–Crippen MR) is 81.6 cm³/mol. The minimum Gasteiger partial charge on any atom is -0.396 e. The van der Waals surface area contributed by atoms with E-state index in [0.29, 0.717) is 6.42 Å². The lowest BCUT2D eigenvalue weighted by atomic mass is 9.95. The van der Waals surface area contributed by atoms with Crippen molar-refractivity contribution in [1.29, 1.82) is 0 Å². The molecule has 2 unspecified atom stereocenters. The Balaban J connectivity index is 1.89. The molecule has 1 heterocycles. The summed E-state index contributed by atoms with van der Waals surface area (Å²) in [6, 6.07) is 7.98. The van der Waals surface area contributed by atoms with Gasteiger partial charge in [0.15, 0.2) is 0 Å². The summed E-state index contributed by atoms with van der Waals surface area (Å²) < 4.78 is 0. The van der Waals surface area contributed by atoms with Crippen molar-refractivity contribution < 1.29 is 10.2 Å². The SMILES string of the molecule is CC(CN1CCCCC1)C(O)c1ccc(CCO)cc1. The van der Waals surface area contributed by atoms with E-state index in [9.17, 15) is 5.11 Å². The zero-order valence-electron chi connectivity index (χ0n) is 12.5. The summed E-state index contributed by atoms with van der Waals surface area (Å²) in [7, 11) is 0. The number of nitrogens with zero attached hydrogens (tertiary/aromatic N) is 1. The van der Waals surface area contributed by atoms with Crippen LogP contribution in [0.25, 0.3) is 0 Å². The third kappa shape index (κ3) is 4.30. The van der Waals surface area contributed by atoms with E-state index in [1.807, 2.05) is 24.3 Å². The largest absolute Gasteiger partial charge is 0.396 e. The summed E-state index contributed by atoms with van der Waals surface area (Å²) in [4.78, 5) is 2.47. The molecule has 3 heteroatoms. The fourth-order valence-corrected chi connectivity index (χ4v) is 2.99. The van der Waals surface area contributed by atoms with E-state index in [1.165, 1.54) is 32.4 Å². The predicted octanol–water partition coefficient (Wildman–Crippen LogP) is 2.38. The normalized spacial score (nSPS) is 19.8. The maximum absolute atomic E-state index is 10.5. The van der Waals surface area contributed by atoms with Crippen LogP contribution in [0.4, 0.5) is 0 Å². The van der Waals surface area contributed by atoms with E-state index in [-0.39, 0.29) is 12.5 Å². The van der Waals surface area contributed by atoms with Gasteiger partial charge in [-0.3, -0.25) is 0 Å². The molecule has 3 nitrogen and oxygen atoms in total. The Morgan fingerprint density at radius 1 is 1.10 bits per heavy atom. The van der Waals surface area contributed by atoms with Crippen LogP contribution in [0.1, 0.15) is 43.4 Å². The summed E-state index contributed by atoms with van der Waals surface area (Å²) in [5, 5.41) is 19.4. The highest BCUT2D eigenvalue weighted by Crippen LogP contribution is 2.24. The summed E-state index contributed by atoms with van der Waals surface area (Å²) in [6.07, 6.45) is 4.21. The van der Waals surface area contributed by atoms with Crippen LogP contribution in [0.5, 0.6) is 0 Å². The molecule has 0 saturated carbocycles. The first kappa shape index (κ1) is 15.5. The van der Waals surface area contributed by atoms with Gasteiger partial charge in [0.05, 0.1) is 6.10 Å². The van der Waals surface area contributed by atoms with Crippen LogP contribution in [0, 0.1) is 5.92 Å². The van der Waals surface area contributed by atoms with E-state index in [2.05, 4.69) is 11.8 Å². The minimum absolute atomic E-state index is 0.174. The van der Waals surface area contributed by atoms with E-state index < -0.39 is 6.10 Å². The van der Waals surface area contributed by atoms with E-state index in [4.69, 9.17) is 5.11 Å². The highest BCUT2D eigenvalue weighted by atomic mass is 16.3. The molecule has 0 radical (unpaired) electrons. The molecule has 1 aliphatic heterocycles. The maximum atomic E-state index is 10.5. The van der Waals surface area contributed by atoms with Crippen LogP contribution in [0.2, 0.25) is 0 Å². The zero-order chi connectivity index (χ0) is 14.4. The van der Waals surface area contributed by atoms with Gasteiger partial charge in [0.1, 0.15) is 0 Å². The number of aliphatic hydroxyl groups excluding tert-OH is 2. The van der Waals surface area contributed by atoms with Crippen molar-refractivity contribution in [3.63, 3.8) is 0 Å². The Bertz CT molecular complexity index is 384. The Hall–Kier alpha value is -0.900. The summed E-state index contributed by atoms with van der Waals surface area (Å²) in [5.41, 5.74) is 2.10. The Morgan fingerprint density at radius 3 is 2.35 bits per heavy atom. The van der Waals surface area contributed by atoms with Gasteiger partial charge in [-0.2, -0.15) is 0 Å². The van der Waals surface area contributed by atoms with E-state index >= 15 is 0 Å². The average molecular weight is 277 g/mol. The van der Waals surface area contributed by atoms with Crippen LogP contribution < -0.4 is 0 Å². The number of aliphatic hydroxyl groups is 2. The zero-order valence-corrected chi connectivity index (χ0v) is 12.5. The van der Waals surface area contributed by atoms with Crippen LogP contribution in [0.3, 0.4) is 0 Å². The molecule has 0 aromatic heterocycles. The Morgan fingerprint density at radius 2 is 1.75 bits per heavy atom. The third-order valence-corrected chi connectivity index (χ3v) is 4.26. The first-order valence-corrected chi connectivity index (χ1v) is 7.81. The van der Waals surface area contributed by atoms with Crippen LogP contribution in [-0.4, -0.2) is 41.4 Å². The molecule has 1 saturated heterocycles. The second kappa shape index (κ2) is 7.77. The monoisotopic (exact) mass is 277 g/mol. The van der Waals surface area contributed by atoms with Crippen molar-refractivity contribution in [1.82, 2.24) is 4.90 Å². The van der Waals surface area contributed by atoms with E-state index in [0.717, 1.165) is 17.7 Å². The summed E-state index contributed by atoms with van der Waals surface area (Å²) in [5.74, 6) is 0.247. The number of likely N-dealkylation sites (tertiary alicyclic amines) is 1. The van der Waals surface area contributed by atoms with E-state index in [1.54, 1.807) is 0 Å². The van der Waals surface area contributed by atoms with Crippen molar-refractivity contribution in [2.24, 2.45) is 5.92 Å². The molecule has 2 N–H and O–H groups in total. The van der Waals surface area contributed by atoms with Gasteiger partial charge in [-0.15, -0.1) is 0 Å². The van der Waals surface area contributed by atoms with Crippen molar-refractivity contribution in [3.05, 3.63) is 35.4 Å². The number of hydrogen-bond donors (Lipinski definition) is 2. The average Bonchev–Trinajstić information content (AvgIpc) is 2.48. The van der Waals surface area contributed by atoms with Crippen molar-refractivity contribution >= 4 is 0 Å². The van der Waals surface area contributed by atoms with Crippen LogP contribution >= 0.6 is 0 Å². The van der Waals surface area contributed by atoms with Gasteiger partial charge in [-0.25, -0.2) is 0 Å². The first-order valence-electron chi connectivity index (χ1n) is 7.81. The Labute approximate surface area is 122 Å². The third-order valence-electron chi connectivity index (χ3n) is 4.26. The fraction of sp³-hybridized carbons (Fsp3) is 0.647. The van der Waals surface area contributed by atoms with Gasteiger partial charge in [0.2, 0.25) is 0 Å². The lowest BCUT2D eigenvalue weighted by Gasteiger charge is -2.31. The number of rotatable bonds is 6. The minimum atomic E-state index is -0.403. The van der Waals surface area contributed by atoms with Gasteiger partial charge in [0.25, 0.3) is 0 Å². The summed E-state index contributed by atoms with van der Waals surface area (Å²) >= 11 is 0. The van der Waals surface area contributed by atoms with Gasteiger partial charge in [-0.1, -0.05) is 37.6 Å². The molecule has 2 rings (SSSR count). The molecule has 0 bridgehead atoms. The van der Waals surface area contributed by atoms with Crippen molar-refractivity contribution in [2.45, 2.75) is 38.7 Å². The second-order valence-corrected chi connectivity index (χ2v) is 6.00. The number of hydrogen-bond acceptors (Lipinski definition) is 3. The molecule has 0 amide bonds. The lowest BCUT2D eigenvalue weighted by Crippen LogP contribution is -2.35. The molecular weight excluding hydrogens is 250 g/mol. The fourth-order valence-electron chi connectivity index (χ4n) is 2.99. The van der Waals surface area contributed by atoms with Gasteiger partial charge >= 0.3 is 0 Å². The highest BCUT2D eigenvalue weighted by Gasteiger charge is 2.20. The molecule has 1 aromatic carbocycles. The smallest absolute Gasteiger partial charge is 0.0827 e. The molecule has 1 fully saturated rings. The molecular formula is C17H27NO2. The molecule has 1 aromatic rings. The Kier molecular flexibility index (Phi) is 6.02. The van der Waals surface area contributed by atoms with Crippen LogP contribution in [-0.2, 0) is 6.42 Å². The number of benzene rings is 1. The quantitative estimate of drug-likeness (QED) is 0.839. The second-order valence-electron chi connectivity index (χ2n) is 6.00. The molecule has 112 valence electrons.